The van der Waals surface area contributed by atoms with Crippen molar-refractivity contribution in [1.29, 1.82) is 0 Å². The molecule has 4 nitrogen and oxygen atoms in total. The molecule has 1 unspecified atom stereocenters. The van der Waals surface area contributed by atoms with Crippen LogP contribution in [0.1, 0.15) is 59.8 Å². The molecule has 0 saturated heterocycles. The summed E-state index contributed by atoms with van der Waals surface area (Å²) in [6.45, 7) is 10.7. The SMILES string of the molecule is CCCNC1CCC(OC(C)C(=O)N(CC)CC)CC1. The quantitative estimate of drug-likeness (QED) is 0.745. The monoisotopic (exact) mass is 284 g/mol. The Labute approximate surface area is 124 Å². The van der Waals surface area contributed by atoms with Gasteiger partial charge in [0.25, 0.3) is 5.91 Å². The van der Waals surface area contributed by atoms with Crippen LogP contribution in [0.3, 0.4) is 0 Å². The first kappa shape index (κ1) is 17.4. The summed E-state index contributed by atoms with van der Waals surface area (Å²) in [6.07, 6.45) is 5.60. The fourth-order valence-electron chi connectivity index (χ4n) is 2.89. The van der Waals surface area contributed by atoms with Crippen molar-refractivity contribution in [3.8, 4) is 0 Å². The van der Waals surface area contributed by atoms with Gasteiger partial charge in [-0.3, -0.25) is 4.79 Å². The topological polar surface area (TPSA) is 41.6 Å². The summed E-state index contributed by atoms with van der Waals surface area (Å²) in [7, 11) is 0. The standard InChI is InChI=1S/C16H32N2O2/c1-5-12-17-14-8-10-15(11-9-14)20-13(4)16(19)18(6-2)7-3/h13-15,17H,5-12H2,1-4H3. The summed E-state index contributed by atoms with van der Waals surface area (Å²) in [5, 5.41) is 3.57. The summed E-state index contributed by atoms with van der Waals surface area (Å²) in [6, 6.07) is 0.642. The lowest BCUT2D eigenvalue weighted by Crippen LogP contribution is -2.42. The summed E-state index contributed by atoms with van der Waals surface area (Å²) in [5.41, 5.74) is 0. The number of ether oxygens (including phenoxy) is 1. The molecule has 0 aromatic rings. The Hall–Kier alpha value is -0.610. The molecule has 1 fully saturated rings. The van der Waals surface area contributed by atoms with E-state index in [-0.39, 0.29) is 18.1 Å². The highest BCUT2D eigenvalue weighted by atomic mass is 16.5. The molecule has 0 spiro atoms. The van der Waals surface area contributed by atoms with Gasteiger partial charge in [0.15, 0.2) is 0 Å². The molecule has 1 rings (SSSR count). The normalized spacial score (nSPS) is 24.4. The van der Waals surface area contributed by atoms with Crippen LogP contribution in [0.2, 0.25) is 0 Å². The van der Waals surface area contributed by atoms with Gasteiger partial charge in [0.1, 0.15) is 6.10 Å². The van der Waals surface area contributed by atoms with Crippen molar-refractivity contribution >= 4 is 5.91 Å². The van der Waals surface area contributed by atoms with Crippen molar-refractivity contribution in [3.05, 3.63) is 0 Å². The van der Waals surface area contributed by atoms with E-state index >= 15 is 0 Å². The van der Waals surface area contributed by atoms with Gasteiger partial charge < -0.3 is 15.0 Å². The summed E-state index contributed by atoms with van der Waals surface area (Å²) in [4.78, 5) is 14.0. The van der Waals surface area contributed by atoms with E-state index in [2.05, 4.69) is 12.2 Å². The lowest BCUT2D eigenvalue weighted by Gasteiger charge is -2.32. The molecule has 0 radical (unpaired) electrons. The maximum absolute atomic E-state index is 12.2. The molecule has 1 aliphatic carbocycles. The van der Waals surface area contributed by atoms with Crippen LogP contribution in [-0.2, 0) is 9.53 Å². The van der Waals surface area contributed by atoms with Gasteiger partial charge in [-0.1, -0.05) is 6.92 Å². The van der Waals surface area contributed by atoms with Crippen LogP contribution in [0, 0.1) is 0 Å². The molecule has 1 saturated carbocycles. The van der Waals surface area contributed by atoms with E-state index in [1.54, 1.807) is 0 Å². The van der Waals surface area contributed by atoms with E-state index in [0.29, 0.717) is 6.04 Å². The van der Waals surface area contributed by atoms with Crippen LogP contribution in [0.4, 0.5) is 0 Å². The molecule has 0 aliphatic heterocycles. The summed E-state index contributed by atoms with van der Waals surface area (Å²) in [5.74, 6) is 0.126. The van der Waals surface area contributed by atoms with Gasteiger partial charge in [-0.2, -0.15) is 0 Å². The Kier molecular flexibility index (Phi) is 8.15. The van der Waals surface area contributed by atoms with Crippen LogP contribution in [0.5, 0.6) is 0 Å². The van der Waals surface area contributed by atoms with E-state index in [0.717, 1.165) is 45.3 Å². The Morgan fingerprint density at radius 2 is 1.80 bits per heavy atom. The number of hydrogen-bond donors (Lipinski definition) is 1. The predicted octanol–water partition coefficient (Wildman–Crippen LogP) is 2.57. The fourth-order valence-corrected chi connectivity index (χ4v) is 2.89. The zero-order valence-corrected chi connectivity index (χ0v) is 13.7. The highest BCUT2D eigenvalue weighted by Gasteiger charge is 2.26. The van der Waals surface area contributed by atoms with Crippen LogP contribution in [0.15, 0.2) is 0 Å². The van der Waals surface area contributed by atoms with Crippen molar-refractivity contribution in [3.63, 3.8) is 0 Å². The van der Waals surface area contributed by atoms with Crippen molar-refractivity contribution in [2.45, 2.75) is 78.0 Å². The Morgan fingerprint density at radius 3 is 2.30 bits per heavy atom. The van der Waals surface area contributed by atoms with Crippen molar-refractivity contribution in [2.24, 2.45) is 0 Å². The molecule has 0 aromatic heterocycles. The Bertz CT molecular complexity index is 272. The minimum atomic E-state index is -0.306. The number of rotatable bonds is 8. The third kappa shape index (κ3) is 5.41. The molecule has 1 amide bonds. The minimum Gasteiger partial charge on any atom is -0.365 e. The largest absolute Gasteiger partial charge is 0.365 e. The second-order valence-corrected chi connectivity index (χ2v) is 5.72. The zero-order chi connectivity index (χ0) is 15.0. The number of nitrogens with zero attached hydrogens (tertiary/aromatic N) is 1. The molecule has 118 valence electrons. The first-order chi connectivity index (χ1) is 9.62. The second-order valence-electron chi connectivity index (χ2n) is 5.72. The maximum Gasteiger partial charge on any atom is 0.251 e. The van der Waals surface area contributed by atoms with E-state index < -0.39 is 0 Å². The van der Waals surface area contributed by atoms with E-state index in [9.17, 15) is 4.79 Å². The molecule has 1 N–H and O–H groups in total. The average molecular weight is 284 g/mol. The van der Waals surface area contributed by atoms with E-state index in [1.807, 2.05) is 25.7 Å². The first-order valence-corrected chi connectivity index (χ1v) is 8.29. The van der Waals surface area contributed by atoms with E-state index in [4.69, 9.17) is 4.74 Å². The number of hydrogen-bond acceptors (Lipinski definition) is 3. The summed E-state index contributed by atoms with van der Waals surface area (Å²) >= 11 is 0. The van der Waals surface area contributed by atoms with Crippen molar-refractivity contribution in [2.75, 3.05) is 19.6 Å². The highest BCUT2D eigenvalue weighted by Crippen LogP contribution is 2.22. The van der Waals surface area contributed by atoms with Gasteiger partial charge in [-0.25, -0.2) is 0 Å². The predicted molar refractivity (Wildman–Crippen MR) is 82.8 cm³/mol. The molecule has 0 aromatic carbocycles. The van der Waals surface area contributed by atoms with Gasteiger partial charge in [0.05, 0.1) is 6.10 Å². The summed E-state index contributed by atoms with van der Waals surface area (Å²) < 4.78 is 5.97. The van der Waals surface area contributed by atoms with Crippen molar-refractivity contribution < 1.29 is 9.53 Å². The molecule has 20 heavy (non-hydrogen) atoms. The van der Waals surface area contributed by atoms with Crippen LogP contribution in [0.25, 0.3) is 0 Å². The van der Waals surface area contributed by atoms with Gasteiger partial charge >= 0.3 is 0 Å². The molecular formula is C16H32N2O2. The molecule has 4 heteroatoms. The van der Waals surface area contributed by atoms with Gasteiger partial charge in [-0.15, -0.1) is 0 Å². The van der Waals surface area contributed by atoms with Gasteiger partial charge in [-0.05, 0) is 59.4 Å². The maximum atomic E-state index is 12.2. The molecular weight excluding hydrogens is 252 g/mol. The van der Waals surface area contributed by atoms with Crippen molar-refractivity contribution in [1.82, 2.24) is 10.2 Å². The second kappa shape index (κ2) is 9.35. The zero-order valence-electron chi connectivity index (χ0n) is 13.7. The van der Waals surface area contributed by atoms with Gasteiger partial charge in [0.2, 0.25) is 0 Å². The lowest BCUT2D eigenvalue weighted by atomic mass is 9.93. The minimum absolute atomic E-state index is 0.126. The number of nitrogens with one attached hydrogen (secondary N) is 1. The van der Waals surface area contributed by atoms with E-state index in [1.165, 1.54) is 6.42 Å². The fraction of sp³-hybridized carbons (Fsp3) is 0.938. The highest BCUT2D eigenvalue weighted by molar-refractivity contribution is 5.80. The first-order valence-electron chi connectivity index (χ1n) is 8.29. The molecule has 1 aliphatic rings. The number of likely N-dealkylation sites (N-methyl/N-ethyl adjacent to an activating group) is 1. The van der Waals surface area contributed by atoms with Gasteiger partial charge in [0, 0.05) is 19.1 Å². The third-order valence-corrected chi connectivity index (χ3v) is 4.18. The van der Waals surface area contributed by atoms with Crippen LogP contribution < -0.4 is 5.32 Å². The molecule has 0 bridgehead atoms. The number of carbonyl (C=O) groups excluding carboxylic acids is 1. The third-order valence-electron chi connectivity index (χ3n) is 4.18. The molecule has 0 heterocycles. The average Bonchev–Trinajstić information content (AvgIpc) is 2.47. The Balaban J connectivity index is 2.30. The number of carbonyl (C=O) groups is 1. The number of amides is 1. The van der Waals surface area contributed by atoms with Crippen LogP contribution in [-0.4, -0.2) is 48.7 Å². The Morgan fingerprint density at radius 1 is 1.20 bits per heavy atom. The lowest BCUT2D eigenvalue weighted by molar-refractivity contribution is -0.147. The smallest absolute Gasteiger partial charge is 0.251 e. The van der Waals surface area contributed by atoms with Crippen LogP contribution >= 0.6 is 0 Å². The molecule has 1 atom stereocenters.